The molecule has 0 bridgehead atoms. The molecule has 0 saturated carbocycles. The third-order valence-electron chi connectivity index (χ3n) is 6.58. The molecule has 0 saturated heterocycles. The Hall–Kier alpha value is -3.65. The number of benzene rings is 3. The number of likely N-dealkylation sites (N-methyl/N-ethyl adjacent to an activating group) is 1. The summed E-state index contributed by atoms with van der Waals surface area (Å²) >= 11 is 0. The highest BCUT2D eigenvalue weighted by Crippen LogP contribution is 2.23. The van der Waals surface area contributed by atoms with Gasteiger partial charge in [-0.2, -0.15) is 0 Å². The van der Waals surface area contributed by atoms with E-state index in [-0.39, 0.29) is 18.4 Å². The Balaban J connectivity index is 2.03. The number of sulfonamides is 1. The van der Waals surface area contributed by atoms with Crippen LogP contribution in [0.15, 0.2) is 78.9 Å². The van der Waals surface area contributed by atoms with Crippen LogP contribution in [0.2, 0.25) is 0 Å². The topological polar surface area (TPSA) is 86.8 Å². The van der Waals surface area contributed by atoms with Crippen molar-refractivity contribution in [3.05, 3.63) is 101 Å². The minimum absolute atomic E-state index is 0.166. The zero-order chi connectivity index (χ0) is 28.6. The number of hydrogen-bond donors (Lipinski definition) is 1. The van der Waals surface area contributed by atoms with E-state index < -0.39 is 28.5 Å². The molecule has 3 rings (SSSR count). The van der Waals surface area contributed by atoms with Crippen molar-refractivity contribution in [2.24, 2.45) is 0 Å². The number of amides is 2. The lowest BCUT2D eigenvalue weighted by atomic mass is 10.0. The van der Waals surface area contributed by atoms with Crippen molar-refractivity contribution in [2.45, 2.75) is 52.6 Å². The highest BCUT2D eigenvalue weighted by molar-refractivity contribution is 7.92. The van der Waals surface area contributed by atoms with Gasteiger partial charge in [-0.05, 0) is 48.6 Å². The van der Waals surface area contributed by atoms with Gasteiger partial charge in [0.1, 0.15) is 12.6 Å². The second-order valence-electron chi connectivity index (χ2n) is 10.1. The third kappa shape index (κ3) is 8.42. The van der Waals surface area contributed by atoms with Crippen LogP contribution in [0.4, 0.5) is 5.69 Å². The fourth-order valence-electron chi connectivity index (χ4n) is 4.49. The maximum Gasteiger partial charge on any atom is 0.244 e. The van der Waals surface area contributed by atoms with Crippen molar-refractivity contribution in [3.63, 3.8) is 0 Å². The van der Waals surface area contributed by atoms with Gasteiger partial charge in [-0.15, -0.1) is 0 Å². The van der Waals surface area contributed by atoms with Gasteiger partial charge in [-0.3, -0.25) is 13.9 Å². The van der Waals surface area contributed by atoms with Crippen molar-refractivity contribution < 1.29 is 18.0 Å². The lowest BCUT2D eigenvalue weighted by Crippen LogP contribution is -2.53. The van der Waals surface area contributed by atoms with Gasteiger partial charge in [0.05, 0.1) is 11.9 Å². The normalized spacial score (nSPS) is 12.2. The molecule has 8 heteroatoms. The predicted molar refractivity (Wildman–Crippen MR) is 157 cm³/mol. The molecule has 208 valence electrons. The quantitative estimate of drug-likeness (QED) is 0.356. The molecule has 0 aliphatic heterocycles. The lowest BCUT2D eigenvalue weighted by molar-refractivity contribution is -0.140. The summed E-state index contributed by atoms with van der Waals surface area (Å²) in [7, 11) is -3.79. The lowest BCUT2D eigenvalue weighted by Gasteiger charge is -2.33. The average molecular weight is 550 g/mol. The van der Waals surface area contributed by atoms with E-state index in [1.54, 1.807) is 12.1 Å². The van der Waals surface area contributed by atoms with E-state index in [1.165, 1.54) is 4.90 Å². The first-order valence-corrected chi connectivity index (χ1v) is 15.1. The van der Waals surface area contributed by atoms with Gasteiger partial charge < -0.3 is 10.2 Å². The third-order valence-corrected chi connectivity index (χ3v) is 7.73. The van der Waals surface area contributed by atoms with Crippen molar-refractivity contribution in [1.29, 1.82) is 0 Å². The summed E-state index contributed by atoms with van der Waals surface area (Å²) in [4.78, 5) is 28.9. The van der Waals surface area contributed by atoms with Crippen LogP contribution in [0.5, 0.6) is 0 Å². The molecule has 3 aromatic carbocycles. The molecule has 0 spiro atoms. The number of carbonyl (C=O) groups excluding carboxylic acids is 2. The van der Waals surface area contributed by atoms with E-state index in [9.17, 15) is 18.0 Å². The average Bonchev–Trinajstić information content (AvgIpc) is 2.89. The van der Waals surface area contributed by atoms with E-state index in [1.807, 2.05) is 80.6 Å². The summed E-state index contributed by atoms with van der Waals surface area (Å²) in [5.74, 6) is -0.454. The van der Waals surface area contributed by atoms with Crippen molar-refractivity contribution >= 4 is 27.5 Å². The van der Waals surface area contributed by atoms with Crippen LogP contribution in [0.1, 0.15) is 48.9 Å². The minimum Gasteiger partial charge on any atom is -0.355 e. The first kappa shape index (κ1) is 29.9. The molecule has 0 aliphatic rings. The SMILES string of the molecule is CCNC(=O)C(Cc1ccccc1)N(Cc1cccc(C)c1)C(=O)CN(c1ccc(C(C)C)cc1)S(C)(=O)=O. The summed E-state index contributed by atoms with van der Waals surface area (Å²) in [5.41, 5.74) is 4.26. The first-order chi connectivity index (χ1) is 18.5. The van der Waals surface area contributed by atoms with Gasteiger partial charge >= 0.3 is 0 Å². The van der Waals surface area contributed by atoms with E-state index in [2.05, 4.69) is 19.2 Å². The van der Waals surface area contributed by atoms with Gasteiger partial charge in [0.25, 0.3) is 0 Å². The molecule has 0 fully saturated rings. The van der Waals surface area contributed by atoms with Crippen molar-refractivity contribution in [1.82, 2.24) is 10.2 Å². The number of rotatable bonds is 12. The molecule has 2 amide bonds. The molecular formula is C31H39N3O4S. The van der Waals surface area contributed by atoms with Gasteiger partial charge in [-0.25, -0.2) is 8.42 Å². The Kier molecular flexibility index (Phi) is 10.3. The van der Waals surface area contributed by atoms with Crippen molar-refractivity contribution in [2.75, 3.05) is 23.7 Å². The Morgan fingerprint density at radius 3 is 2.10 bits per heavy atom. The minimum atomic E-state index is -3.79. The fraction of sp³-hybridized carbons (Fsp3) is 0.355. The molecule has 0 aliphatic carbocycles. The molecule has 1 atom stereocenters. The Morgan fingerprint density at radius 1 is 0.897 bits per heavy atom. The molecule has 0 radical (unpaired) electrons. The van der Waals surface area contributed by atoms with E-state index in [0.717, 1.165) is 32.8 Å². The van der Waals surface area contributed by atoms with Gasteiger partial charge in [-0.1, -0.05) is 86.1 Å². The Bertz CT molecular complexity index is 1360. The maximum absolute atomic E-state index is 14.0. The van der Waals surface area contributed by atoms with Crippen LogP contribution in [-0.4, -0.2) is 50.5 Å². The summed E-state index contributed by atoms with van der Waals surface area (Å²) in [6.45, 7) is 8.07. The van der Waals surface area contributed by atoms with Gasteiger partial charge in [0.15, 0.2) is 0 Å². The molecule has 39 heavy (non-hydrogen) atoms. The van der Waals surface area contributed by atoms with Crippen LogP contribution >= 0.6 is 0 Å². The molecule has 7 nitrogen and oxygen atoms in total. The second kappa shape index (κ2) is 13.4. The molecule has 0 aromatic heterocycles. The second-order valence-corrected chi connectivity index (χ2v) is 12.0. The summed E-state index contributed by atoms with van der Waals surface area (Å²) in [6, 6.07) is 23.6. The fourth-order valence-corrected chi connectivity index (χ4v) is 5.34. The summed E-state index contributed by atoms with van der Waals surface area (Å²) < 4.78 is 26.9. The van der Waals surface area contributed by atoms with E-state index in [0.29, 0.717) is 18.7 Å². The molecule has 1 unspecified atom stereocenters. The molecule has 1 N–H and O–H groups in total. The standard InChI is InChI=1S/C31H39N3O4S/c1-6-32-31(36)29(20-25-12-8-7-9-13-25)33(21-26-14-10-11-24(4)19-26)30(35)22-34(39(5,37)38)28-17-15-27(16-18-28)23(2)3/h7-19,23,29H,6,20-22H2,1-5H3,(H,32,36). The zero-order valence-electron chi connectivity index (χ0n) is 23.4. The number of nitrogens with zero attached hydrogens (tertiary/aromatic N) is 2. The van der Waals surface area contributed by atoms with E-state index >= 15 is 0 Å². The monoisotopic (exact) mass is 549 g/mol. The molecule has 3 aromatic rings. The Labute approximate surface area is 232 Å². The smallest absolute Gasteiger partial charge is 0.244 e. The highest BCUT2D eigenvalue weighted by Gasteiger charge is 2.32. The molecular weight excluding hydrogens is 510 g/mol. The Morgan fingerprint density at radius 2 is 1.54 bits per heavy atom. The van der Waals surface area contributed by atoms with Crippen LogP contribution < -0.4 is 9.62 Å². The summed E-state index contributed by atoms with van der Waals surface area (Å²) in [5, 5.41) is 2.87. The number of carbonyl (C=O) groups is 2. The predicted octanol–water partition coefficient (Wildman–Crippen LogP) is 4.66. The molecule has 0 heterocycles. The maximum atomic E-state index is 14.0. The first-order valence-electron chi connectivity index (χ1n) is 13.2. The van der Waals surface area contributed by atoms with Crippen LogP contribution in [0, 0.1) is 6.92 Å². The number of anilines is 1. The highest BCUT2D eigenvalue weighted by atomic mass is 32.2. The number of aryl methyl sites for hydroxylation is 1. The van der Waals surface area contributed by atoms with Crippen LogP contribution in [0.25, 0.3) is 0 Å². The van der Waals surface area contributed by atoms with Crippen LogP contribution in [0.3, 0.4) is 0 Å². The van der Waals surface area contributed by atoms with Crippen molar-refractivity contribution in [3.8, 4) is 0 Å². The largest absolute Gasteiger partial charge is 0.355 e. The zero-order valence-corrected chi connectivity index (χ0v) is 24.2. The van der Waals surface area contributed by atoms with Gasteiger partial charge in [0, 0.05) is 19.5 Å². The number of hydrogen-bond acceptors (Lipinski definition) is 4. The van der Waals surface area contributed by atoms with E-state index in [4.69, 9.17) is 0 Å². The summed E-state index contributed by atoms with van der Waals surface area (Å²) in [6.07, 6.45) is 1.39. The van der Waals surface area contributed by atoms with Crippen LogP contribution in [-0.2, 0) is 32.6 Å². The van der Waals surface area contributed by atoms with Gasteiger partial charge in [0.2, 0.25) is 21.8 Å². The number of nitrogens with one attached hydrogen (secondary N) is 1.